The Balaban J connectivity index is 1.53. The van der Waals surface area contributed by atoms with Crippen molar-refractivity contribution < 1.29 is 13.9 Å². The first-order valence-electron chi connectivity index (χ1n) is 9.08. The first-order chi connectivity index (χ1) is 11.7. The molecule has 5 heteroatoms. The molecule has 3 fully saturated rings. The highest BCUT2D eigenvalue weighted by Gasteiger charge is 2.50. The van der Waals surface area contributed by atoms with E-state index < -0.39 is 0 Å². The standard InChI is InChI=1S/C19H25FN2O2/c20-16-4-1-2-5-17(16)21-10-3-8-19(14-21)9-11-22(18(19)23)15-6-12-24-13-7-15/h1-2,4-5,15H,3,6-14H2/t19-/m1/s1. The van der Waals surface area contributed by atoms with Gasteiger partial charge in [0.1, 0.15) is 5.82 Å². The summed E-state index contributed by atoms with van der Waals surface area (Å²) in [6.07, 6.45) is 4.66. The summed E-state index contributed by atoms with van der Waals surface area (Å²) in [5, 5.41) is 0. The van der Waals surface area contributed by atoms with Gasteiger partial charge in [0.15, 0.2) is 0 Å². The summed E-state index contributed by atoms with van der Waals surface area (Å²) in [7, 11) is 0. The fourth-order valence-corrected chi connectivity index (χ4v) is 4.62. The van der Waals surface area contributed by atoms with Gasteiger partial charge < -0.3 is 14.5 Å². The average Bonchev–Trinajstić information content (AvgIpc) is 2.92. The Morgan fingerprint density at radius 2 is 1.92 bits per heavy atom. The van der Waals surface area contributed by atoms with Gasteiger partial charge in [-0.25, -0.2) is 4.39 Å². The molecule has 3 saturated heterocycles. The number of carbonyl (C=O) groups excluding carboxylic acids is 1. The largest absolute Gasteiger partial charge is 0.381 e. The van der Waals surface area contributed by atoms with Crippen LogP contribution in [-0.2, 0) is 9.53 Å². The number of ether oxygens (including phenoxy) is 1. The summed E-state index contributed by atoms with van der Waals surface area (Å²) in [5.74, 6) is 0.0942. The predicted octanol–water partition coefficient (Wildman–Crippen LogP) is 2.82. The van der Waals surface area contributed by atoms with Crippen molar-refractivity contribution >= 4 is 11.6 Å². The van der Waals surface area contributed by atoms with E-state index in [4.69, 9.17) is 4.74 Å². The number of benzene rings is 1. The van der Waals surface area contributed by atoms with E-state index in [9.17, 15) is 9.18 Å². The second-order valence-corrected chi connectivity index (χ2v) is 7.35. The lowest BCUT2D eigenvalue weighted by atomic mass is 9.78. The highest BCUT2D eigenvalue weighted by Crippen LogP contribution is 2.43. The van der Waals surface area contributed by atoms with Crippen LogP contribution >= 0.6 is 0 Å². The smallest absolute Gasteiger partial charge is 0.230 e. The lowest BCUT2D eigenvalue weighted by Gasteiger charge is -2.41. The minimum Gasteiger partial charge on any atom is -0.381 e. The molecular formula is C19H25FN2O2. The number of rotatable bonds is 2. The Morgan fingerprint density at radius 1 is 1.12 bits per heavy atom. The van der Waals surface area contributed by atoms with Gasteiger partial charge >= 0.3 is 0 Å². The number of nitrogens with zero attached hydrogens (tertiary/aromatic N) is 2. The molecule has 3 aliphatic rings. The van der Waals surface area contributed by atoms with Gasteiger partial charge in [0.25, 0.3) is 0 Å². The Kier molecular flexibility index (Phi) is 4.21. The fraction of sp³-hybridized carbons (Fsp3) is 0.632. The molecule has 130 valence electrons. The van der Waals surface area contributed by atoms with Crippen LogP contribution in [0.1, 0.15) is 32.1 Å². The molecule has 0 saturated carbocycles. The molecule has 0 radical (unpaired) electrons. The molecule has 1 amide bonds. The zero-order chi connectivity index (χ0) is 16.6. The molecule has 1 atom stereocenters. The van der Waals surface area contributed by atoms with E-state index in [2.05, 4.69) is 9.80 Å². The van der Waals surface area contributed by atoms with E-state index in [1.807, 2.05) is 12.1 Å². The summed E-state index contributed by atoms with van der Waals surface area (Å²) in [6, 6.07) is 7.23. The van der Waals surface area contributed by atoms with Gasteiger partial charge in [-0.1, -0.05) is 12.1 Å². The molecule has 24 heavy (non-hydrogen) atoms. The van der Waals surface area contributed by atoms with Crippen molar-refractivity contribution in [1.29, 1.82) is 0 Å². The first kappa shape index (κ1) is 15.9. The number of likely N-dealkylation sites (tertiary alicyclic amines) is 1. The van der Waals surface area contributed by atoms with E-state index in [0.29, 0.717) is 18.3 Å². The molecule has 3 heterocycles. The maximum Gasteiger partial charge on any atom is 0.230 e. The second-order valence-electron chi connectivity index (χ2n) is 7.35. The van der Waals surface area contributed by atoms with Crippen molar-refractivity contribution in [2.75, 3.05) is 37.7 Å². The average molecular weight is 332 g/mol. The van der Waals surface area contributed by atoms with E-state index in [-0.39, 0.29) is 17.1 Å². The Bertz CT molecular complexity index is 617. The molecule has 0 N–H and O–H groups in total. The molecule has 4 nitrogen and oxygen atoms in total. The zero-order valence-electron chi connectivity index (χ0n) is 14.0. The number of hydrogen-bond donors (Lipinski definition) is 0. The minimum absolute atomic E-state index is 0.193. The first-order valence-corrected chi connectivity index (χ1v) is 9.08. The summed E-state index contributed by atoms with van der Waals surface area (Å²) in [4.78, 5) is 17.4. The number of carbonyl (C=O) groups is 1. The number of para-hydroxylation sites is 1. The number of halogens is 1. The van der Waals surface area contributed by atoms with Gasteiger partial charge in [0, 0.05) is 38.9 Å². The maximum absolute atomic E-state index is 14.2. The third-order valence-electron chi connectivity index (χ3n) is 5.95. The third kappa shape index (κ3) is 2.69. The highest BCUT2D eigenvalue weighted by molar-refractivity contribution is 5.86. The van der Waals surface area contributed by atoms with Gasteiger partial charge in [-0.15, -0.1) is 0 Å². The summed E-state index contributed by atoms with van der Waals surface area (Å²) >= 11 is 0. The predicted molar refractivity (Wildman–Crippen MR) is 90.5 cm³/mol. The lowest BCUT2D eigenvalue weighted by Crippen LogP contribution is -2.50. The Hall–Kier alpha value is -1.62. The van der Waals surface area contributed by atoms with Gasteiger partial charge in [-0.05, 0) is 44.2 Å². The van der Waals surface area contributed by atoms with Crippen LogP contribution in [0.3, 0.4) is 0 Å². The number of piperidine rings is 1. The van der Waals surface area contributed by atoms with Crippen molar-refractivity contribution in [1.82, 2.24) is 4.90 Å². The van der Waals surface area contributed by atoms with Crippen LogP contribution in [-0.4, -0.2) is 49.7 Å². The summed E-state index contributed by atoms with van der Waals surface area (Å²) in [5.41, 5.74) is 0.313. The highest BCUT2D eigenvalue weighted by atomic mass is 19.1. The number of hydrogen-bond acceptors (Lipinski definition) is 3. The number of anilines is 1. The van der Waals surface area contributed by atoms with Gasteiger partial charge in [-0.3, -0.25) is 4.79 Å². The van der Waals surface area contributed by atoms with Crippen molar-refractivity contribution in [3.8, 4) is 0 Å². The summed E-state index contributed by atoms with van der Waals surface area (Å²) in [6.45, 7) is 3.82. The monoisotopic (exact) mass is 332 g/mol. The minimum atomic E-state index is -0.321. The van der Waals surface area contributed by atoms with Crippen LogP contribution in [0.15, 0.2) is 24.3 Å². The van der Waals surface area contributed by atoms with Crippen LogP contribution in [0.2, 0.25) is 0 Å². The SMILES string of the molecule is O=C1N(C2CCOCC2)CC[C@@]12CCCN(c1ccccc1F)C2. The maximum atomic E-state index is 14.2. The molecule has 0 bridgehead atoms. The molecule has 0 unspecified atom stereocenters. The quantitative estimate of drug-likeness (QED) is 0.835. The molecular weight excluding hydrogens is 307 g/mol. The van der Waals surface area contributed by atoms with E-state index in [0.717, 1.165) is 58.4 Å². The molecule has 1 spiro atoms. The van der Waals surface area contributed by atoms with Crippen LogP contribution < -0.4 is 4.90 Å². The molecule has 3 aliphatic heterocycles. The fourth-order valence-electron chi connectivity index (χ4n) is 4.62. The third-order valence-corrected chi connectivity index (χ3v) is 5.95. The Labute approximate surface area is 142 Å². The van der Waals surface area contributed by atoms with E-state index in [1.165, 1.54) is 6.07 Å². The Morgan fingerprint density at radius 3 is 2.71 bits per heavy atom. The second kappa shape index (κ2) is 6.36. The van der Waals surface area contributed by atoms with Crippen molar-refractivity contribution in [3.63, 3.8) is 0 Å². The van der Waals surface area contributed by atoms with Crippen LogP contribution in [0.4, 0.5) is 10.1 Å². The van der Waals surface area contributed by atoms with Crippen molar-refractivity contribution in [2.45, 2.75) is 38.1 Å². The normalized spacial score (nSPS) is 28.8. The van der Waals surface area contributed by atoms with E-state index >= 15 is 0 Å². The van der Waals surface area contributed by atoms with Crippen molar-refractivity contribution in [3.05, 3.63) is 30.1 Å². The molecule has 1 aromatic rings. The lowest BCUT2D eigenvalue weighted by molar-refractivity contribution is -0.139. The topological polar surface area (TPSA) is 32.8 Å². The van der Waals surface area contributed by atoms with Gasteiger partial charge in [0.05, 0.1) is 11.1 Å². The van der Waals surface area contributed by atoms with Crippen molar-refractivity contribution in [2.24, 2.45) is 5.41 Å². The van der Waals surface area contributed by atoms with Crippen LogP contribution in [0.25, 0.3) is 0 Å². The molecule has 0 aromatic heterocycles. The zero-order valence-corrected chi connectivity index (χ0v) is 14.0. The number of amides is 1. The van der Waals surface area contributed by atoms with Gasteiger partial charge in [0.2, 0.25) is 5.91 Å². The van der Waals surface area contributed by atoms with Gasteiger partial charge in [-0.2, -0.15) is 0 Å². The van der Waals surface area contributed by atoms with Crippen LogP contribution in [0.5, 0.6) is 0 Å². The molecule has 1 aromatic carbocycles. The van der Waals surface area contributed by atoms with Crippen LogP contribution in [0, 0.1) is 11.2 Å². The summed E-state index contributed by atoms with van der Waals surface area (Å²) < 4.78 is 19.6. The van der Waals surface area contributed by atoms with E-state index in [1.54, 1.807) is 6.07 Å². The molecule has 0 aliphatic carbocycles. The molecule has 4 rings (SSSR count).